The molecule has 0 aliphatic rings. The minimum absolute atomic E-state index is 0.0765. The molecule has 0 spiro atoms. The summed E-state index contributed by atoms with van der Waals surface area (Å²) < 4.78 is 0. The fourth-order valence-corrected chi connectivity index (χ4v) is 2.15. The van der Waals surface area contributed by atoms with Crippen LogP contribution in [0.25, 0.3) is 0 Å². The van der Waals surface area contributed by atoms with E-state index in [4.69, 9.17) is 11.6 Å². The first-order valence-corrected chi connectivity index (χ1v) is 6.42. The number of halogens is 1. The van der Waals surface area contributed by atoms with Gasteiger partial charge in [0.2, 0.25) is 0 Å². The summed E-state index contributed by atoms with van der Waals surface area (Å²) in [7, 11) is 0. The standard InChI is InChI=1S/C13H10ClNO2S/c14-9-3-4-11(16)10(8-9)15-6-5-12(17)13-2-1-7-18-13/h1-8,15-16H. The van der Waals surface area contributed by atoms with E-state index in [0.29, 0.717) is 15.6 Å². The second-order valence-electron chi connectivity index (χ2n) is 3.48. The van der Waals surface area contributed by atoms with E-state index < -0.39 is 0 Å². The third-order valence-corrected chi connectivity index (χ3v) is 3.32. The Morgan fingerprint density at radius 1 is 1.39 bits per heavy atom. The summed E-state index contributed by atoms with van der Waals surface area (Å²) in [4.78, 5) is 12.3. The van der Waals surface area contributed by atoms with E-state index in [1.54, 1.807) is 18.2 Å². The van der Waals surface area contributed by atoms with Gasteiger partial charge in [0.1, 0.15) is 5.75 Å². The third-order valence-electron chi connectivity index (χ3n) is 2.20. The van der Waals surface area contributed by atoms with E-state index in [2.05, 4.69) is 5.32 Å². The van der Waals surface area contributed by atoms with Crippen molar-refractivity contribution in [1.29, 1.82) is 0 Å². The first kappa shape index (κ1) is 12.7. The van der Waals surface area contributed by atoms with Crippen LogP contribution >= 0.6 is 22.9 Å². The van der Waals surface area contributed by atoms with Gasteiger partial charge < -0.3 is 10.4 Å². The highest BCUT2D eigenvalue weighted by molar-refractivity contribution is 7.12. The van der Waals surface area contributed by atoms with Crippen LogP contribution in [0, 0.1) is 0 Å². The Morgan fingerprint density at radius 3 is 2.94 bits per heavy atom. The first-order chi connectivity index (χ1) is 8.66. The molecule has 2 N–H and O–H groups in total. The average molecular weight is 280 g/mol. The summed E-state index contributed by atoms with van der Waals surface area (Å²) in [6.07, 6.45) is 2.89. The van der Waals surface area contributed by atoms with Gasteiger partial charge in [-0.25, -0.2) is 0 Å². The molecular weight excluding hydrogens is 270 g/mol. The Balaban J connectivity index is 2.03. The number of allylic oxidation sites excluding steroid dienone is 1. The van der Waals surface area contributed by atoms with E-state index in [1.165, 1.54) is 29.7 Å². The predicted molar refractivity (Wildman–Crippen MR) is 74.5 cm³/mol. The van der Waals surface area contributed by atoms with Gasteiger partial charge in [-0.2, -0.15) is 0 Å². The van der Waals surface area contributed by atoms with Crippen LogP contribution in [0.5, 0.6) is 5.75 Å². The minimum Gasteiger partial charge on any atom is -0.506 e. The van der Waals surface area contributed by atoms with Crippen LogP contribution in [-0.2, 0) is 0 Å². The lowest BCUT2D eigenvalue weighted by molar-refractivity contribution is 0.105. The molecule has 0 bridgehead atoms. The lowest BCUT2D eigenvalue weighted by Gasteiger charge is -2.03. The molecule has 0 aliphatic carbocycles. The molecule has 1 heterocycles. The van der Waals surface area contributed by atoms with E-state index in [0.717, 1.165) is 0 Å². The normalized spacial score (nSPS) is 10.7. The number of thiophene rings is 1. The maximum absolute atomic E-state index is 11.6. The number of rotatable bonds is 4. The Morgan fingerprint density at radius 2 is 2.22 bits per heavy atom. The average Bonchev–Trinajstić information content (AvgIpc) is 2.87. The zero-order chi connectivity index (χ0) is 13.0. The number of phenolic OH excluding ortho intramolecular Hbond substituents is 1. The molecule has 0 fully saturated rings. The molecule has 92 valence electrons. The number of carbonyl (C=O) groups is 1. The highest BCUT2D eigenvalue weighted by Gasteiger charge is 2.02. The number of hydrogen-bond acceptors (Lipinski definition) is 4. The van der Waals surface area contributed by atoms with Gasteiger partial charge in [-0.15, -0.1) is 11.3 Å². The van der Waals surface area contributed by atoms with Gasteiger partial charge in [-0.3, -0.25) is 4.79 Å². The molecule has 18 heavy (non-hydrogen) atoms. The Bertz CT molecular complexity index is 579. The number of anilines is 1. The SMILES string of the molecule is O=C(C=CNc1cc(Cl)ccc1O)c1cccs1. The van der Waals surface area contributed by atoms with E-state index in [9.17, 15) is 9.90 Å². The van der Waals surface area contributed by atoms with Gasteiger partial charge in [0.25, 0.3) is 0 Å². The Kier molecular flexibility index (Phi) is 4.02. The number of hydrogen-bond donors (Lipinski definition) is 2. The van der Waals surface area contributed by atoms with E-state index in [1.807, 2.05) is 11.4 Å². The van der Waals surface area contributed by atoms with Gasteiger partial charge in [-0.05, 0) is 29.6 Å². The van der Waals surface area contributed by atoms with Crippen molar-refractivity contribution in [3.63, 3.8) is 0 Å². The molecule has 0 atom stereocenters. The molecule has 1 aromatic carbocycles. The van der Waals surface area contributed by atoms with Crippen LogP contribution in [0.15, 0.2) is 48.0 Å². The molecular formula is C13H10ClNO2S. The number of benzene rings is 1. The van der Waals surface area contributed by atoms with Gasteiger partial charge in [0.05, 0.1) is 10.6 Å². The molecule has 1 aromatic heterocycles. The molecule has 3 nitrogen and oxygen atoms in total. The number of phenols is 1. The van der Waals surface area contributed by atoms with Crippen molar-refractivity contribution in [2.24, 2.45) is 0 Å². The molecule has 0 amide bonds. The van der Waals surface area contributed by atoms with Gasteiger partial charge in [0.15, 0.2) is 5.78 Å². The topological polar surface area (TPSA) is 49.3 Å². The Labute approximate surface area is 113 Å². The molecule has 5 heteroatoms. The summed E-state index contributed by atoms with van der Waals surface area (Å²) in [6, 6.07) is 8.23. The van der Waals surface area contributed by atoms with Crippen molar-refractivity contribution in [3.05, 3.63) is 57.9 Å². The molecule has 0 radical (unpaired) electrons. The summed E-state index contributed by atoms with van der Waals surface area (Å²) in [5.41, 5.74) is 0.456. The number of carbonyl (C=O) groups excluding carboxylic acids is 1. The highest BCUT2D eigenvalue weighted by atomic mass is 35.5. The monoisotopic (exact) mass is 279 g/mol. The smallest absolute Gasteiger partial charge is 0.197 e. The van der Waals surface area contributed by atoms with Gasteiger partial charge in [0, 0.05) is 17.3 Å². The maximum Gasteiger partial charge on any atom is 0.197 e. The molecule has 2 rings (SSSR count). The van der Waals surface area contributed by atoms with Crippen LogP contribution in [0.4, 0.5) is 5.69 Å². The van der Waals surface area contributed by atoms with Crippen LogP contribution < -0.4 is 5.32 Å². The second kappa shape index (κ2) is 5.71. The van der Waals surface area contributed by atoms with Crippen LogP contribution in [0.1, 0.15) is 9.67 Å². The van der Waals surface area contributed by atoms with Crippen LogP contribution in [-0.4, -0.2) is 10.9 Å². The maximum atomic E-state index is 11.6. The number of ketones is 1. The van der Waals surface area contributed by atoms with Gasteiger partial charge in [-0.1, -0.05) is 17.7 Å². The second-order valence-corrected chi connectivity index (χ2v) is 4.86. The van der Waals surface area contributed by atoms with Gasteiger partial charge >= 0.3 is 0 Å². The Hall–Kier alpha value is -1.78. The lowest BCUT2D eigenvalue weighted by atomic mass is 10.3. The fourth-order valence-electron chi connectivity index (χ4n) is 1.33. The lowest BCUT2D eigenvalue weighted by Crippen LogP contribution is -1.93. The van der Waals surface area contributed by atoms with Crippen molar-refractivity contribution in [1.82, 2.24) is 0 Å². The third kappa shape index (κ3) is 3.12. The molecule has 2 aromatic rings. The number of aromatic hydroxyl groups is 1. The zero-order valence-corrected chi connectivity index (χ0v) is 10.8. The quantitative estimate of drug-likeness (QED) is 0.507. The first-order valence-electron chi connectivity index (χ1n) is 5.16. The van der Waals surface area contributed by atoms with Crippen LogP contribution in [0.3, 0.4) is 0 Å². The molecule has 0 saturated carbocycles. The minimum atomic E-state index is -0.0842. The summed E-state index contributed by atoms with van der Waals surface area (Å²) in [5, 5.41) is 14.7. The zero-order valence-electron chi connectivity index (χ0n) is 9.26. The summed E-state index contributed by atoms with van der Waals surface area (Å²) in [5.74, 6) is -0.00774. The predicted octanol–water partition coefficient (Wildman–Crippen LogP) is 3.92. The summed E-state index contributed by atoms with van der Waals surface area (Å²) >= 11 is 7.18. The fraction of sp³-hybridized carbons (Fsp3) is 0. The molecule has 0 unspecified atom stereocenters. The van der Waals surface area contributed by atoms with Crippen molar-refractivity contribution < 1.29 is 9.90 Å². The van der Waals surface area contributed by atoms with Crippen molar-refractivity contribution in [2.45, 2.75) is 0 Å². The van der Waals surface area contributed by atoms with Crippen molar-refractivity contribution >= 4 is 34.4 Å². The highest BCUT2D eigenvalue weighted by Crippen LogP contribution is 2.26. The largest absolute Gasteiger partial charge is 0.506 e. The van der Waals surface area contributed by atoms with E-state index in [-0.39, 0.29) is 11.5 Å². The van der Waals surface area contributed by atoms with Crippen molar-refractivity contribution in [2.75, 3.05) is 5.32 Å². The molecule has 0 saturated heterocycles. The van der Waals surface area contributed by atoms with E-state index >= 15 is 0 Å². The van der Waals surface area contributed by atoms with Crippen LogP contribution in [0.2, 0.25) is 5.02 Å². The van der Waals surface area contributed by atoms with Crippen molar-refractivity contribution in [3.8, 4) is 5.75 Å². The number of nitrogens with one attached hydrogen (secondary N) is 1. The molecule has 0 aliphatic heterocycles. The summed E-state index contributed by atoms with van der Waals surface area (Å²) in [6.45, 7) is 0.